The predicted molar refractivity (Wildman–Crippen MR) is 124 cm³/mol. The maximum atomic E-state index is 13.6. The van der Waals surface area contributed by atoms with Gasteiger partial charge in [-0.1, -0.05) is 63.6 Å². The second kappa shape index (κ2) is 11.2. The Morgan fingerprint density at radius 1 is 1.00 bits per heavy atom. The number of ether oxygens (including phenoxy) is 1. The molecule has 3 rings (SSSR count). The first-order valence-corrected chi connectivity index (χ1v) is 12.2. The number of benzene rings is 2. The minimum Gasteiger partial charge on any atom is -0.497 e. The van der Waals surface area contributed by atoms with E-state index in [0.717, 1.165) is 30.8 Å². The van der Waals surface area contributed by atoms with E-state index in [0.29, 0.717) is 12.5 Å². The van der Waals surface area contributed by atoms with Gasteiger partial charge in [-0.25, -0.2) is 4.39 Å². The zero-order valence-corrected chi connectivity index (χ0v) is 19.1. The zero-order valence-electron chi connectivity index (χ0n) is 18.3. The zero-order chi connectivity index (χ0) is 21.4. The van der Waals surface area contributed by atoms with Crippen LogP contribution in [0.2, 0.25) is 0 Å². The lowest BCUT2D eigenvalue weighted by atomic mass is 9.68. The first-order chi connectivity index (χ1) is 14.6. The molecule has 1 aliphatic rings. The van der Waals surface area contributed by atoms with Crippen LogP contribution in [0.1, 0.15) is 75.3 Å². The molecule has 2 atom stereocenters. The highest BCUT2D eigenvalue weighted by molar-refractivity contribution is 7.99. The van der Waals surface area contributed by atoms with E-state index in [-0.39, 0.29) is 11.2 Å². The van der Waals surface area contributed by atoms with Gasteiger partial charge in [0.2, 0.25) is 0 Å². The topological polar surface area (TPSA) is 29.5 Å². The Morgan fingerprint density at radius 3 is 2.33 bits per heavy atom. The number of fused-ring (bicyclic) bond motifs is 1. The molecule has 2 nitrogen and oxygen atoms in total. The maximum Gasteiger partial charge on any atom is 0.123 e. The van der Waals surface area contributed by atoms with Crippen molar-refractivity contribution in [1.82, 2.24) is 0 Å². The van der Waals surface area contributed by atoms with Crippen LogP contribution in [-0.2, 0) is 5.41 Å². The molecule has 30 heavy (non-hydrogen) atoms. The summed E-state index contributed by atoms with van der Waals surface area (Å²) in [5.41, 5.74) is 2.62. The lowest BCUT2D eigenvalue weighted by molar-refractivity contribution is 0.282. The molecule has 0 radical (unpaired) electrons. The van der Waals surface area contributed by atoms with Crippen molar-refractivity contribution in [3.63, 3.8) is 0 Å². The van der Waals surface area contributed by atoms with Crippen molar-refractivity contribution >= 4 is 11.8 Å². The van der Waals surface area contributed by atoms with Crippen LogP contribution >= 0.6 is 11.8 Å². The summed E-state index contributed by atoms with van der Waals surface area (Å²) in [5, 5.41) is 8.89. The fourth-order valence-electron chi connectivity index (χ4n) is 4.66. The van der Waals surface area contributed by atoms with E-state index in [1.807, 2.05) is 23.9 Å². The fraction of sp³-hybridized carbons (Fsp3) is 0.538. The summed E-state index contributed by atoms with van der Waals surface area (Å²) in [7, 11) is 1.72. The summed E-state index contributed by atoms with van der Waals surface area (Å²) in [6, 6.07) is 13.6. The van der Waals surface area contributed by atoms with Gasteiger partial charge in [-0.3, -0.25) is 0 Å². The molecule has 1 N–H and O–H groups in total. The predicted octanol–water partition coefficient (Wildman–Crippen LogP) is 7.09. The molecule has 0 fully saturated rings. The van der Waals surface area contributed by atoms with E-state index in [2.05, 4.69) is 25.1 Å². The number of hydrogen-bond donors (Lipinski definition) is 1. The highest BCUT2D eigenvalue weighted by Gasteiger charge is 2.41. The molecule has 0 aromatic heterocycles. The summed E-state index contributed by atoms with van der Waals surface area (Å²) in [6.45, 7) is 2.66. The maximum absolute atomic E-state index is 13.6. The van der Waals surface area contributed by atoms with Crippen LogP contribution in [0.4, 0.5) is 4.39 Å². The fourth-order valence-corrected chi connectivity index (χ4v) is 6.06. The lowest BCUT2D eigenvalue weighted by Crippen LogP contribution is -2.36. The first kappa shape index (κ1) is 23.1. The van der Waals surface area contributed by atoms with Crippen LogP contribution in [0.3, 0.4) is 0 Å². The third-order valence-electron chi connectivity index (χ3n) is 6.55. The van der Waals surface area contributed by atoms with Gasteiger partial charge >= 0.3 is 0 Å². The van der Waals surface area contributed by atoms with Gasteiger partial charge in [-0.2, -0.15) is 0 Å². The summed E-state index contributed by atoms with van der Waals surface area (Å²) < 4.78 is 19.0. The van der Waals surface area contributed by atoms with Crippen molar-refractivity contribution in [3.05, 3.63) is 59.4 Å². The van der Waals surface area contributed by atoms with Gasteiger partial charge in [-0.15, -0.1) is 11.8 Å². The Labute approximate surface area is 185 Å². The Kier molecular flexibility index (Phi) is 8.64. The van der Waals surface area contributed by atoms with E-state index in [1.165, 1.54) is 48.1 Å². The van der Waals surface area contributed by atoms with Crippen LogP contribution in [0.5, 0.6) is 5.75 Å². The average molecular weight is 431 g/mol. The molecule has 0 saturated carbocycles. The molecule has 164 valence electrons. The summed E-state index contributed by atoms with van der Waals surface area (Å²) in [6.07, 6.45) is 9.38. The summed E-state index contributed by atoms with van der Waals surface area (Å²) in [5.74, 6) is 2.14. The van der Waals surface area contributed by atoms with Crippen LogP contribution in [0, 0.1) is 5.82 Å². The van der Waals surface area contributed by atoms with Gasteiger partial charge in [0, 0.05) is 22.7 Å². The van der Waals surface area contributed by atoms with E-state index in [4.69, 9.17) is 9.84 Å². The van der Waals surface area contributed by atoms with Crippen molar-refractivity contribution in [3.8, 4) is 5.75 Å². The number of hydrogen-bond acceptors (Lipinski definition) is 3. The molecular weight excluding hydrogens is 395 g/mol. The molecule has 0 bridgehead atoms. The monoisotopic (exact) mass is 430 g/mol. The molecule has 1 aliphatic heterocycles. The quantitative estimate of drug-likeness (QED) is 0.386. The lowest BCUT2D eigenvalue weighted by Gasteiger charge is -2.43. The van der Waals surface area contributed by atoms with Crippen molar-refractivity contribution < 1.29 is 14.2 Å². The van der Waals surface area contributed by atoms with Crippen LogP contribution < -0.4 is 4.74 Å². The molecule has 0 spiro atoms. The largest absolute Gasteiger partial charge is 0.497 e. The van der Waals surface area contributed by atoms with Crippen LogP contribution in [0.25, 0.3) is 0 Å². The molecule has 0 aliphatic carbocycles. The SMILES string of the molecule is COc1ccc2c(c1)SCC(C)(c1ccc(F)cc1)C2CCCCCCCCCO. The molecule has 0 saturated heterocycles. The Hall–Kier alpha value is -1.52. The van der Waals surface area contributed by atoms with Crippen LogP contribution in [0.15, 0.2) is 47.4 Å². The second-order valence-corrected chi connectivity index (χ2v) is 9.67. The number of rotatable bonds is 11. The van der Waals surface area contributed by atoms with E-state index < -0.39 is 0 Å². The third-order valence-corrected chi connectivity index (χ3v) is 7.96. The van der Waals surface area contributed by atoms with Gasteiger partial charge in [-0.05, 0) is 54.2 Å². The number of thioether (sulfide) groups is 1. The number of aliphatic hydroxyl groups excluding tert-OH is 1. The standard InChI is InChI=1S/C26H35FO2S/c1-26(20-11-13-21(27)14-12-20)19-30-25-18-22(29-2)15-16-23(25)24(26)10-8-6-4-3-5-7-9-17-28/h11-16,18,24,28H,3-10,17,19H2,1-2H3. The molecular formula is C26H35FO2S. The van der Waals surface area contributed by atoms with Crippen molar-refractivity contribution in [2.45, 2.75) is 74.5 Å². The first-order valence-electron chi connectivity index (χ1n) is 11.3. The molecule has 2 unspecified atom stereocenters. The molecule has 2 aromatic carbocycles. The Balaban J connectivity index is 1.73. The second-order valence-electron chi connectivity index (χ2n) is 8.66. The molecule has 1 heterocycles. The number of unbranched alkanes of at least 4 members (excludes halogenated alkanes) is 6. The Morgan fingerprint density at radius 2 is 1.67 bits per heavy atom. The minimum absolute atomic E-state index is 0.0128. The normalized spacial score (nSPS) is 20.7. The van der Waals surface area contributed by atoms with Crippen LogP contribution in [-0.4, -0.2) is 24.6 Å². The number of halogens is 1. The van der Waals surface area contributed by atoms with Gasteiger partial charge in [0.15, 0.2) is 0 Å². The highest BCUT2D eigenvalue weighted by atomic mass is 32.2. The van der Waals surface area contributed by atoms with Gasteiger partial charge < -0.3 is 9.84 Å². The van der Waals surface area contributed by atoms with E-state index in [9.17, 15) is 4.39 Å². The molecule has 4 heteroatoms. The van der Waals surface area contributed by atoms with Crippen molar-refractivity contribution in [1.29, 1.82) is 0 Å². The van der Waals surface area contributed by atoms with Gasteiger partial charge in [0.1, 0.15) is 11.6 Å². The van der Waals surface area contributed by atoms with Gasteiger partial charge in [0.05, 0.1) is 7.11 Å². The van der Waals surface area contributed by atoms with Crippen molar-refractivity contribution in [2.24, 2.45) is 0 Å². The molecule has 2 aromatic rings. The highest BCUT2D eigenvalue weighted by Crippen LogP contribution is 2.52. The smallest absolute Gasteiger partial charge is 0.123 e. The van der Waals surface area contributed by atoms with Gasteiger partial charge in [0.25, 0.3) is 0 Å². The summed E-state index contributed by atoms with van der Waals surface area (Å²) in [4.78, 5) is 1.32. The summed E-state index contributed by atoms with van der Waals surface area (Å²) >= 11 is 1.89. The number of methoxy groups -OCH3 is 1. The average Bonchev–Trinajstić information content (AvgIpc) is 2.77. The van der Waals surface area contributed by atoms with Crippen molar-refractivity contribution in [2.75, 3.05) is 19.5 Å². The third kappa shape index (κ3) is 5.59. The molecule has 0 amide bonds. The van der Waals surface area contributed by atoms with E-state index >= 15 is 0 Å². The van der Waals surface area contributed by atoms with E-state index in [1.54, 1.807) is 19.2 Å². The Bertz CT molecular complexity index is 792. The number of aliphatic hydroxyl groups is 1. The minimum atomic E-state index is -0.173.